The summed E-state index contributed by atoms with van der Waals surface area (Å²) in [5.74, 6) is -24.4. The maximum absolute atomic E-state index is 14.0. The lowest BCUT2D eigenvalue weighted by atomic mass is 9.88. The molecule has 2 aliphatic carbocycles. The third-order valence-corrected chi connectivity index (χ3v) is 6.02. The molecule has 0 aliphatic heterocycles. The Kier molecular flexibility index (Phi) is 8.40. The fraction of sp³-hybridized carbons (Fsp3) is 0.947. The number of ether oxygens (including phenoxy) is 2. The molecule has 2 rings (SSSR count). The zero-order valence-corrected chi connectivity index (χ0v) is 17.2. The summed E-state index contributed by atoms with van der Waals surface area (Å²) in [5, 5.41) is 8.77. The molecule has 0 amide bonds. The van der Waals surface area contributed by atoms with E-state index in [1.165, 1.54) is 0 Å². The fourth-order valence-electron chi connectivity index (χ4n) is 3.85. The van der Waals surface area contributed by atoms with Crippen molar-refractivity contribution in [2.24, 2.45) is 17.4 Å². The molecule has 2 aliphatic rings. The number of rotatable bonds is 9. The van der Waals surface area contributed by atoms with E-state index in [0.29, 0.717) is 6.42 Å². The topological polar surface area (TPSA) is 94.3 Å². The molecule has 2 fully saturated rings. The van der Waals surface area contributed by atoms with Gasteiger partial charge < -0.3 is 20.9 Å². The molecule has 3 atom stereocenters. The van der Waals surface area contributed by atoms with Crippen LogP contribution in [0.25, 0.3) is 0 Å². The van der Waals surface area contributed by atoms with Crippen molar-refractivity contribution in [3.05, 3.63) is 0 Å². The van der Waals surface area contributed by atoms with Gasteiger partial charge in [0.05, 0.1) is 18.3 Å². The third-order valence-electron chi connectivity index (χ3n) is 6.02. The van der Waals surface area contributed by atoms with Crippen molar-refractivity contribution in [2.75, 3.05) is 13.2 Å². The van der Waals surface area contributed by atoms with Crippen LogP contribution in [-0.4, -0.2) is 61.2 Å². The molecule has 0 radical (unpaired) electrons. The zero-order chi connectivity index (χ0) is 24.4. The van der Waals surface area contributed by atoms with Gasteiger partial charge in [-0.3, -0.25) is 0 Å². The van der Waals surface area contributed by atoms with E-state index in [2.05, 4.69) is 9.47 Å². The minimum absolute atomic E-state index is 0.0401. The van der Waals surface area contributed by atoms with E-state index in [4.69, 9.17) is 16.7 Å². The van der Waals surface area contributed by atoms with Crippen molar-refractivity contribution in [2.45, 2.75) is 92.9 Å². The van der Waals surface area contributed by atoms with Gasteiger partial charge in [0.15, 0.2) is 0 Å². The molecule has 0 spiro atoms. The maximum Gasteiger partial charge on any atom is 0.380 e. The largest absolute Gasteiger partial charge is 0.380 e. The van der Waals surface area contributed by atoms with E-state index in [0.717, 1.165) is 0 Å². The van der Waals surface area contributed by atoms with E-state index in [-0.39, 0.29) is 50.5 Å². The van der Waals surface area contributed by atoms with E-state index >= 15 is 0 Å². The van der Waals surface area contributed by atoms with Gasteiger partial charge in [0.1, 0.15) is 13.2 Å². The average molecular weight is 481 g/mol. The second kappa shape index (κ2) is 9.95. The maximum atomic E-state index is 14.0. The van der Waals surface area contributed by atoms with Crippen LogP contribution in [0.4, 0.5) is 35.1 Å². The summed E-state index contributed by atoms with van der Waals surface area (Å²) in [7, 11) is 0. The SMILES string of the molecule is N#CC1CCC(OCC(F)(F)C(F)(F)C(F)(F)C(F)(F)COC2CCC(N)CC2N)CC1. The number of alkyl halides is 8. The minimum atomic E-state index is -6.43. The Balaban J connectivity index is 2.00. The van der Waals surface area contributed by atoms with Gasteiger partial charge in [-0.05, 0) is 44.9 Å². The number of hydrogen-bond acceptors (Lipinski definition) is 5. The molecular weight excluding hydrogens is 454 g/mol. The van der Waals surface area contributed by atoms with Crippen molar-refractivity contribution < 1.29 is 44.6 Å². The first kappa shape index (κ1) is 27.0. The Morgan fingerprint density at radius 1 is 0.750 bits per heavy atom. The Morgan fingerprint density at radius 3 is 1.72 bits per heavy atom. The summed E-state index contributed by atoms with van der Waals surface area (Å²) in [4.78, 5) is 0. The second-order valence-corrected chi connectivity index (χ2v) is 8.56. The molecule has 0 aromatic rings. The summed E-state index contributed by atoms with van der Waals surface area (Å²) in [6, 6.07) is 0.743. The van der Waals surface area contributed by atoms with Crippen molar-refractivity contribution in [3.63, 3.8) is 0 Å². The smallest absolute Gasteiger partial charge is 0.372 e. The lowest BCUT2D eigenvalue weighted by Gasteiger charge is -2.38. The first-order valence-electron chi connectivity index (χ1n) is 10.3. The highest BCUT2D eigenvalue weighted by molar-refractivity contribution is 5.04. The predicted molar refractivity (Wildman–Crippen MR) is 96.6 cm³/mol. The molecule has 0 aromatic heterocycles. The van der Waals surface area contributed by atoms with Crippen LogP contribution in [0, 0.1) is 17.2 Å². The van der Waals surface area contributed by atoms with Crippen LogP contribution < -0.4 is 11.5 Å². The van der Waals surface area contributed by atoms with E-state index in [9.17, 15) is 35.1 Å². The van der Waals surface area contributed by atoms with Gasteiger partial charge in [0.2, 0.25) is 0 Å². The Morgan fingerprint density at radius 2 is 1.25 bits per heavy atom. The summed E-state index contributed by atoms with van der Waals surface area (Å²) >= 11 is 0. The van der Waals surface area contributed by atoms with Crippen molar-refractivity contribution >= 4 is 0 Å². The lowest BCUT2D eigenvalue weighted by molar-refractivity contribution is -0.379. The van der Waals surface area contributed by atoms with E-state index in [1.54, 1.807) is 0 Å². The van der Waals surface area contributed by atoms with Gasteiger partial charge in [-0.15, -0.1) is 0 Å². The summed E-state index contributed by atoms with van der Waals surface area (Å²) < 4.78 is 122. The first-order valence-corrected chi connectivity index (χ1v) is 10.3. The summed E-state index contributed by atoms with van der Waals surface area (Å²) in [6.45, 7) is -4.38. The van der Waals surface area contributed by atoms with Crippen LogP contribution in [0.5, 0.6) is 0 Å². The Labute approximate surface area is 180 Å². The average Bonchev–Trinajstić information content (AvgIpc) is 2.71. The number of hydrogen-bond donors (Lipinski definition) is 2. The molecule has 3 unspecified atom stereocenters. The number of nitriles is 1. The van der Waals surface area contributed by atoms with Gasteiger partial charge in [0, 0.05) is 18.0 Å². The van der Waals surface area contributed by atoms with Crippen molar-refractivity contribution in [3.8, 4) is 6.07 Å². The van der Waals surface area contributed by atoms with Crippen LogP contribution in [0.2, 0.25) is 0 Å². The monoisotopic (exact) mass is 481 g/mol. The summed E-state index contributed by atoms with van der Waals surface area (Å²) in [5.41, 5.74) is 11.3. The van der Waals surface area contributed by atoms with Crippen molar-refractivity contribution in [1.29, 1.82) is 5.26 Å². The lowest BCUT2D eigenvalue weighted by Crippen LogP contribution is -2.65. The molecule has 32 heavy (non-hydrogen) atoms. The highest BCUT2D eigenvalue weighted by Crippen LogP contribution is 2.53. The first-order chi connectivity index (χ1) is 14.6. The molecule has 5 nitrogen and oxygen atoms in total. The molecule has 186 valence electrons. The van der Waals surface area contributed by atoms with Crippen LogP contribution >= 0.6 is 0 Å². The van der Waals surface area contributed by atoms with Gasteiger partial charge in [-0.1, -0.05) is 0 Å². The molecule has 0 aromatic carbocycles. The third kappa shape index (κ3) is 5.63. The summed E-state index contributed by atoms with van der Waals surface area (Å²) in [6.07, 6.45) is -0.909. The molecule has 13 heteroatoms. The van der Waals surface area contributed by atoms with E-state index < -0.39 is 55.2 Å². The number of nitrogens with two attached hydrogens (primary N) is 2. The zero-order valence-electron chi connectivity index (χ0n) is 17.2. The minimum Gasteiger partial charge on any atom is -0.372 e. The molecule has 2 saturated carbocycles. The standard InChI is InChI=1S/C19H27F8N3O2/c20-16(21,9-31-13-4-1-11(8-28)2-5-13)18(24,25)19(26,27)17(22,23)10-32-15-6-3-12(29)7-14(15)30/h11-15H,1-7,9-10,29-30H2. The van der Waals surface area contributed by atoms with Crippen LogP contribution in [0.15, 0.2) is 0 Å². The Hall–Kier alpha value is -1.23. The normalized spacial score (nSPS) is 30.7. The van der Waals surface area contributed by atoms with Gasteiger partial charge in [-0.25, -0.2) is 0 Å². The molecule has 0 saturated heterocycles. The Bertz CT molecular complexity index is 665. The molecule has 4 N–H and O–H groups in total. The predicted octanol–water partition coefficient (Wildman–Crippen LogP) is 3.85. The fourth-order valence-corrected chi connectivity index (χ4v) is 3.85. The van der Waals surface area contributed by atoms with E-state index in [1.807, 2.05) is 6.07 Å². The molecule has 0 heterocycles. The molecule has 0 bridgehead atoms. The van der Waals surface area contributed by atoms with Crippen LogP contribution in [0.1, 0.15) is 44.9 Å². The highest BCUT2D eigenvalue weighted by Gasteiger charge is 2.80. The van der Waals surface area contributed by atoms with Gasteiger partial charge >= 0.3 is 23.7 Å². The quantitative estimate of drug-likeness (QED) is 0.488. The number of nitrogens with zero attached hydrogens (tertiary/aromatic N) is 1. The van der Waals surface area contributed by atoms with Crippen LogP contribution in [0.3, 0.4) is 0 Å². The van der Waals surface area contributed by atoms with Crippen LogP contribution in [-0.2, 0) is 9.47 Å². The van der Waals surface area contributed by atoms with Crippen molar-refractivity contribution in [1.82, 2.24) is 0 Å². The highest BCUT2D eigenvalue weighted by atomic mass is 19.4. The second-order valence-electron chi connectivity index (χ2n) is 8.56. The molecular formula is C19H27F8N3O2. The number of halogens is 8. The van der Waals surface area contributed by atoms with Gasteiger partial charge in [0.25, 0.3) is 0 Å². The van der Waals surface area contributed by atoms with Gasteiger partial charge in [-0.2, -0.15) is 40.4 Å².